The van der Waals surface area contributed by atoms with Crippen LogP contribution in [0.25, 0.3) is 0 Å². The summed E-state index contributed by atoms with van der Waals surface area (Å²) in [6.07, 6.45) is 1.71. The molecule has 1 aromatic carbocycles. The average Bonchev–Trinajstić information content (AvgIpc) is 3.16. The molecule has 146 valence electrons. The minimum absolute atomic E-state index is 0.00291. The number of benzene rings is 1. The molecule has 1 saturated heterocycles. The second-order valence-electron chi connectivity index (χ2n) is 7.11. The topological polar surface area (TPSA) is 62.6 Å². The van der Waals surface area contributed by atoms with Crippen molar-refractivity contribution in [1.29, 1.82) is 0 Å². The number of nitrogens with zero attached hydrogens (tertiary/aromatic N) is 4. The summed E-state index contributed by atoms with van der Waals surface area (Å²) in [4.78, 5) is 17.2. The molecular weight excluding hydrogens is 342 g/mol. The fourth-order valence-corrected chi connectivity index (χ4v) is 3.46. The summed E-state index contributed by atoms with van der Waals surface area (Å²) in [7, 11) is 1.70. The van der Waals surface area contributed by atoms with Gasteiger partial charge in [-0.3, -0.25) is 9.69 Å². The van der Waals surface area contributed by atoms with Crippen molar-refractivity contribution in [2.75, 3.05) is 43.5 Å². The first-order valence-corrected chi connectivity index (χ1v) is 9.47. The first kappa shape index (κ1) is 19.2. The summed E-state index contributed by atoms with van der Waals surface area (Å²) in [5, 5.41) is 7.29. The Labute approximate surface area is 160 Å². The van der Waals surface area contributed by atoms with Crippen LogP contribution in [-0.4, -0.2) is 59.9 Å². The molecule has 1 N–H and O–H groups in total. The second kappa shape index (κ2) is 8.43. The van der Waals surface area contributed by atoms with Gasteiger partial charge in [-0.25, -0.2) is 4.68 Å². The Bertz CT molecular complexity index is 765. The van der Waals surface area contributed by atoms with Crippen LogP contribution in [0.1, 0.15) is 26.8 Å². The third kappa shape index (κ3) is 4.24. The molecule has 7 heteroatoms. The van der Waals surface area contributed by atoms with Gasteiger partial charge in [0.15, 0.2) is 0 Å². The molecule has 2 aromatic rings. The molecule has 1 atom stereocenters. The number of ether oxygens (including phenoxy) is 1. The third-order valence-corrected chi connectivity index (χ3v) is 5.08. The number of methoxy groups -OCH3 is 1. The number of hydrogen-bond acceptors (Lipinski definition) is 5. The Hall–Kier alpha value is -2.54. The van der Waals surface area contributed by atoms with Gasteiger partial charge in [0.25, 0.3) is 0 Å². The highest BCUT2D eigenvalue weighted by molar-refractivity contribution is 5.93. The van der Waals surface area contributed by atoms with Crippen LogP contribution in [0, 0.1) is 0 Å². The minimum Gasteiger partial charge on any atom is -0.495 e. The monoisotopic (exact) mass is 371 g/mol. The van der Waals surface area contributed by atoms with Gasteiger partial charge in [0, 0.05) is 38.3 Å². The molecule has 2 heterocycles. The van der Waals surface area contributed by atoms with Crippen molar-refractivity contribution in [1.82, 2.24) is 14.7 Å². The summed E-state index contributed by atoms with van der Waals surface area (Å²) in [6, 6.07) is 9.91. The van der Waals surface area contributed by atoms with Gasteiger partial charge in [0.1, 0.15) is 11.6 Å². The van der Waals surface area contributed by atoms with Crippen LogP contribution in [0.5, 0.6) is 5.75 Å². The van der Waals surface area contributed by atoms with Gasteiger partial charge in [0.05, 0.1) is 25.0 Å². The lowest BCUT2D eigenvalue weighted by Crippen LogP contribution is -2.53. The maximum Gasteiger partial charge on any atom is 0.242 e. The number of nitrogens with one attached hydrogen (secondary N) is 1. The Kier molecular flexibility index (Phi) is 6.01. The van der Waals surface area contributed by atoms with Gasteiger partial charge < -0.3 is 15.0 Å². The van der Waals surface area contributed by atoms with E-state index in [-0.39, 0.29) is 18.0 Å². The fourth-order valence-electron chi connectivity index (χ4n) is 3.46. The molecule has 27 heavy (non-hydrogen) atoms. The van der Waals surface area contributed by atoms with Crippen molar-refractivity contribution in [2.45, 2.75) is 32.9 Å². The van der Waals surface area contributed by atoms with Crippen molar-refractivity contribution in [2.24, 2.45) is 0 Å². The Morgan fingerprint density at radius 3 is 2.48 bits per heavy atom. The van der Waals surface area contributed by atoms with E-state index < -0.39 is 0 Å². The number of piperazine rings is 1. The fraction of sp³-hybridized carbons (Fsp3) is 0.500. The van der Waals surface area contributed by atoms with Gasteiger partial charge in [-0.2, -0.15) is 5.10 Å². The number of carbonyl (C=O) groups excluding carboxylic acids is 1. The molecule has 0 bridgehead atoms. The highest BCUT2D eigenvalue weighted by Crippen LogP contribution is 2.28. The SMILES string of the molecule is COc1ccccc1N1CCN(C(C)C(=O)Nc2ccnn2C(C)C)CC1. The first-order valence-electron chi connectivity index (χ1n) is 9.47. The van der Waals surface area contributed by atoms with Crippen LogP contribution < -0.4 is 15.0 Å². The Morgan fingerprint density at radius 1 is 1.11 bits per heavy atom. The summed E-state index contributed by atoms with van der Waals surface area (Å²) in [5.41, 5.74) is 1.11. The zero-order chi connectivity index (χ0) is 19.4. The zero-order valence-electron chi connectivity index (χ0n) is 16.6. The van der Waals surface area contributed by atoms with E-state index in [1.807, 2.05) is 49.7 Å². The van der Waals surface area contributed by atoms with E-state index in [0.29, 0.717) is 0 Å². The number of para-hydroxylation sites is 2. The lowest BCUT2D eigenvalue weighted by Gasteiger charge is -2.38. The van der Waals surface area contributed by atoms with Crippen LogP contribution in [0.3, 0.4) is 0 Å². The molecule has 7 nitrogen and oxygen atoms in total. The normalized spacial score (nSPS) is 16.4. The van der Waals surface area contributed by atoms with Gasteiger partial charge in [0.2, 0.25) is 5.91 Å². The molecule has 0 saturated carbocycles. The van der Waals surface area contributed by atoms with Crippen molar-refractivity contribution in [3.05, 3.63) is 36.5 Å². The predicted octanol–water partition coefficient (Wildman–Crippen LogP) is 2.62. The molecule has 1 aliphatic heterocycles. The van der Waals surface area contributed by atoms with E-state index in [4.69, 9.17) is 4.74 Å². The van der Waals surface area contributed by atoms with Crippen LogP contribution in [0.4, 0.5) is 11.5 Å². The van der Waals surface area contributed by atoms with E-state index in [1.54, 1.807) is 13.3 Å². The van der Waals surface area contributed by atoms with Crippen molar-refractivity contribution in [3.8, 4) is 5.75 Å². The van der Waals surface area contributed by atoms with Crippen LogP contribution >= 0.6 is 0 Å². The third-order valence-electron chi connectivity index (χ3n) is 5.08. The van der Waals surface area contributed by atoms with Crippen LogP contribution in [0.2, 0.25) is 0 Å². The summed E-state index contributed by atoms with van der Waals surface area (Å²) < 4.78 is 7.30. The summed E-state index contributed by atoms with van der Waals surface area (Å²) in [6.45, 7) is 9.44. The molecule has 3 rings (SSSR count). The molecule has 0 radical (unpaired) electrons. The van der Waals surface area contributed by atoms with E-state index in [0.717, 1.165) is 43.4 Å². The minimum atomic E-state index is -0.194. The van der Waals surface area contributed by atoms with Crippen LogP contribution in [0.15, 0.2) is 36.5 Å². The average molecular weight is 371 g/mol. The molecule has 1 fully saturated rings. The first-order chi connectivity index (χ1) is 13.0. The van der Waals surface area contributed by atoms with Gasteiger partial charge in [-0.1, -0.05) is 12.1 Å². The van der Waals surface area contributed by atoms with Crippen molar-refractivity contribution in [3.63, 3.8) is 0 Å². The predicted molar refractivity (Wildman–Crippen MR) is 107 cm³/mol. The molecular formula is C20H29N5O2. The van der Waals surface area contributed by atoms with E-state index in [2.05, 4.69) is 26.3 Å². The van der Waals surface area contributed by atoms with E-state index in [9.17, 15) is 4.79 Å². The highest BCUT2D eigenvalue weighted by atomic mass is 16.5. The van der Waals surface area contributed by atoms with E-state index >= 15 is 0 Å². The molecule has 1 unspecified atom stereocenters. The highest BCUT2D eigenvalue weighted by Gasteiger charge is 2.27. The summed E-state index contributed by atoms with van der Waals surface area (Å²) in [5.74, 6) is 1.64. The quantitative estimate of drug-likeness (QED) is 0.846. The Balaban J connectivity index is 1.58. The standard InChI is InChI=1S/C20H29N5O2/c1-15(2)25-19(9-10-21-25)22-20(26)16(3)23-11-13-24(14-12-23)17-7-5-6-8-18(17)27-4/h5-10,15-16H,11-14H2,1-4H3,(H,22,26). The Morgan fingerprint density at radius 2 is 1.81 bits per heavy atom. The molecule has 1 aromatic heterocycles. The maximum atomic E-state index is 12.7. The van der Waals surface area contributed by atoms with Gasteiger partial charge in [-0.15, -0.1) is 0 Å². The number of hydrogen-bond donors (Lipinski definition) is 1. The van der Waals surface area contributed by atoms with Gasteiger partial charge >= 0.3 is 0 Å². The molecule has 0 aliphatic carbocycles. The number of aromatic nitrogens is 2. The largest absolute Gasteiger partial charge is 0.495 e. The van der Waals surface area contributed by atoms with Crippen molar-refractivity contribution >= 4 is 17.4 Å². The van der Waals surface area contributed by atoms with E-state index in [1.165, 1.54) is 0 Å². The van der Waals surface area contributed by atoms with Gasteiger partial charge in [-0.05, 0) is 32.9 Å². The molecule has 1 aliphatic rings. The van der Waals surface area contributed by atoms with Crippen LogP contribution in [-0.2, 0) is 4.79 Å². The summed E-state index contributed by atoms with van der Waals surface area (Å²) >= 11 is 0. The second-order valence-corrected chi connectivity index (χ2v) is 7.11. The lowest BCUT2D eigenvalue weighted by molar-refractivity contribution is -0.120. The zero-order valence-corrected chi connectivity index (χ0v) is 16.6. The number of amides is 1. The smallest absolute Gasteiger partial charge is 0.242 e. The maximum absolute atomic E-state index is 12.7. The van der Waals surface area contributed by atoms with Crippen molar-refractivity contribution < 1.29 is 9.53 Å². The molecule has 1 amide bonds. The number of carbonyl (C=O) groups is 1. The molecule has 0 spiro atoms. The lowest BCUT2D eigenvalue weighted by atomic mass is 10.2. The number of rotatable bonds is 6. The number of anilines is 2.